The highest BCUT2D eigenvalue weighted by Crippen LogP contribution is 2.27. The molecule has 25 heavy (non-hydrogen) atoms. The Hall–Kier alpha value is -2.27. The van der Waals surface area contributed by atoms with Crippen LogP contribution in [0.3, 0.4) is 0 Å². The van der Waals surface area contributed by atoms with Gasteiger partial charge in [0, 0.05) is 5.75 Å². The Morgan fingerprint density at radius 3 is 2.80 bits per heavy atom. The van der Waals surface area contributed by atoms with Crippen molar-refractivity contribution in [3.8, 4) is 5.75 Å². The summed E-state index contributed by atoms with van der Waals surface area (Å²) in [5.41, 5.74) is 3.02. The molecule has 0 aliphatic heterocycles. The Bertz CT molecular complexity index is 934. The second-order valence-electron chi connectivity index (χ2n) is 6.28. The summed E-state index contributed by atoms with van der Waals surface area (Å²) in [5.74, 6) is 2.07. The number of H-pyrrole nitrogens is 1. The molecule has 0 aliphatic rings. The van der Waals surface area contributed by atoms with E-state index in [9.17, 15) is 4.79 Å². The minimum Gasteiger partial charge on any atom is -0.492 e. The normalized spacial score (nSPS) is 11.2. The number of hydrogen-bond acceptors (Lipinski definition) is 4. The second-order valence-corrected chi connectivity index (χ2v) is 7.36. The third kappa shape index (κ3) is 4.23. The number of aromatic amines is 1. The van der Waals surface area contributed by atoms with E-state index >= 15 is 0 Å². The molecule has 3 rings (SSSR count). The lowest BCUT2D eigenvalue weighted by Crippen LogP contribution is -2.10. The summed E-state index contributed by atoms with van der Waals surface area (Å²) in [7, 11) is 0. The predicted molar refractivity (Wildman–Crippen MR) is 104 cm³/mol. The molecule has 1 aromatic heterocycles. The fourth-order valence-electron chi connectivity index (χ4n) is 2.67. The number of para-hydroxylation sites is 1. The van der Waals surface area contributed by atoms with Crippen LogP contribution >= 0.6 is 11.8 Å². The van der Waals surface area contributed by atoms with Crippen molar-refractivity contribution in [2.24, 2.45) is 0 Å². The molecule has 1 N–H and O–H groups in total. The van der Waals surface area contributed by atoms with Crippen LogP contribution in [0.2, 0.25) is 0 Å². The Balaban J connectivity index is 1.64. The van der Waals surface area contributed by atoms with Crippen LogP contribution < -0.4 is 10.3 Å². The zero-order valence-corrected chi connectivity index (χ0v) is 15.5. The number of benzene rings is 2. The quantitative estimate of drug-likeness (QED) is 0.401. The van der Waals surface area contributed by atoms with E-state index in [0.29, 0.717) is 28.8 Å². The molecule has 0 aliphatic carbocycles. The third-order valence-electron chi connectivity index (χ3n) is 3.96. The maximum absolute atomic E-state index is 12.1. The monoisotopic (exact) mass is 354 g/mol. The minimum atomic E-state index is -0.102. The van der Waals surface area contributed by atoms with Gasteiger partial charge in [-0.25, -0.2) is 4.98 Å². The molecule has 3 aromatic rings. The predicted octanol–water partition coefficient (Wildman–Crippen LogP) is 4.53. The second kappa shape index (κ2) is 7.74. The van der Waals surface area contributed by atoms with E-state index in [1.165, 1.54) is 22.9 Å². The van der Waals surface area contributed by atoms with Gasteiger partial charge in [-0.1, -0.05) is 49.9 Å². The first-order valence-corrected chi connectivity index (χ1v) is 9.38. The van der Waals surface area contributed by atoms with Crippen molar-refractivity contribution < 1.29 is 4.74 Å². The molecular weight excluding hydrogens is 332 g/mol. The molecule has 0 saturated carbocycles. The van der Waals surface area contributed by atoms with Crippen molar-refractivity contribution >= 4 is 22.7 Å². The summed E-state index contributed by atoms with van der Waals surface area (Å²) in [4.78, 5) is 19.4. The van der Waals surface area contributed by atoms with Crippen molar-refractivity contribution in [3.63, 3.8) is 0 Å². The third-order valence-corrected chi connectivity index (χ3v) is 4.80. The van der Waals surface area contributed by atoms with Crippen molar-refractivity contribution in [3.05, 3.63) is 63.9 Å². The van der Waals surface area contributed by atoms with E-state index in [2.05, 4.69) is 48.9 Å². The molecule has 0 radical (unpaired) electrons. The van der Waals surface area contributed by atoms with Gasteiger partial charge in [0.05, 0.1) is 17.5 Å². The fourth-order valence-corrected chi connectivity index (χ4v) is 3.35. The van der Waals surface area contributed by atoms with Crippen LogP contribution in [0, 0.1) is 6.92 Å². The molecule has 0 bridgehead atoms. The van der Waals surface area contributed by atoms with Gasteiger partial charge in [0.1, 0.15) is 5.75 Å². The smallest absolute Gasteiger partial charge is 0.259 e. The van der Waals surface area contributed by atoms with E-state index in [4.69, 9.17) is 4.74 Å². The van der Waals surface area contributed by atoms with Gasteiger partial charge in [0.25, 0.3) is 5.56 Å². The minimum absolute atomic E-state index is 0.102. The van der Waals surface area contributed by atoms with Gasteiger partial charge in [-0.15, -0.1) is 0 Å². The van der Waals surface area contributed by atoms with Gasteiger partial charge < -0.3 is 9.72 Å². The first kappa shape index (κ1) is 17.5. The molecule has 1 heterocycles. The summed E-state index contributed by atoms with van der Waals surface area (Å²) >= 11 is 1.50. The molecule has 0 unspecified atom stereocenters. The number of fused-ring (bicyclic) bond motifs is 1. The Morgan fingerprint density at radius 1 is 1.20 bits per heavy atom. The van der Waals surface area contributed by atoms with Gasteiger partial charge in [-0.3, -0.25) is 4.79 Å². The Labute approximate surface area is 151 Å². The molecule has 0 fully saturated rings. The Kier molecular flexibility index (Phi) is 5.43. The summed E-state index contributed by atoms with van der Waals surface area (Å²) < 4.78 is 5.98. The molecule has 0 spiro atoms. The molecule has 5 heteroatoms. The van der Waals surface area contributed by atoms with E-state index in [0.717, 1.165) is 11.3 Å². The van der Waals surface area contributed by atoms with Gasteiger partial charge >= 0.3 is 0 Å². The maximum Gasteiger partial charge on any atom is 0.259 e. The number of rotatable bonds is 6. The molecule has 2 aromatic carbocycles. The van der Waals surface area contributed by atoms with Crippen LogP contribution in [0.4, 0.5) is 0 Å². The zero-order valence-electron chi connectivity index (χ0n) is 14.7. The lowest BCUT2D eigenvalue weighted by atomic mass is 10.0. The number of thioether (sulfide) groups is 1. The number of aromatic nitrogens is 2. The number of aryl methyl sites for hydroxylation is 1. The number of hydrogen-bond donors (Lipinski definition) is 1. The highest BCUT2D eigenvalue weighted by atomic mass is 32.2. The van der Waals surface area contributed by atoms with Crippen LogP contribution in [-0.4, -0.2) is 22.3 Å². The topological polar surface area (TPSA) is 55.0 Å². The largest absolute Gasteiger partial charge is 0.492 e. The standard InChI is InChI=1S/C20H22N2O2S/c1-13(2)15-9-8-14(3)12-18(15)24-10-11-25-20-21-17-7-5-4-6-16(17)19(23)22-20/h4-9,12-13H,10-11H2,1-3H3,(H,21,22,23). The highest BCUT2D eigenvalue weighted by Gasteiger charge is 2.09. The summed E-state index contributed by atoms with van der Waals surface area (Å²) in [5, 5.41) is 1.24. The van der Waals surface area contributed by atoms with Crippen LogP contribution in [0.1, 0.15) is 30.9 Å². The molecule has 0 atom stereocenters. The van der Waals surface area contributed by atoms with Crippen molar-refractivity contribution in [1.82, 2.24) is 9.97 Å². The van der Waals surface area contributed by atoms with Crippen molar-refractivity contribution in [2.75, 3.05) is 12.4 Å². The van der Waals surface area contributed by atoms with E-state index in [1.54, 1.807) is 6.07 Å². The van der Waals surface area contributed by atoms with Crippen LogP contribution in [0.15, 0.2) is 52.4 Å². The lowest BCUT2D eigenvalue weighted by molar-refractivity contribution is 0.338. The fraction of sp³-hybridized carbons (Fsp3) is 0.300. The summed E-state index contributed by atoms with van der Waals surface area (Å²) in [6.07, 6.45) is 0. The van der Waals surface area contributed by atoms with Crippen molar-refractivity contribution in [2.45, 2.75) is 31.8 Å². The summed E-state index contributed by atoms with van der Waals surface area (Å²) in [6, 6.07) is 13.7. The first-order chi connectivity index (χ1) is 12.0. The van der Waals surface area contributed by atoms with E-state index in [-0.39, 0.29) is 5.56 Å². The van der Waals surface area contributed by atoms with Crippen molar-refractivity contribution in [1.29, 1.82) is 0 Å². The van der Waals surface area contributed by atoms with Gasteiger partial charge in [0.2, 0.25) is 0 Å². The van der Waals surface area contributed by atoms with Crippen LogP contribution in [-0.2, 0) is 0 Å². The molecular formula is C20H22N2O2S. The average molecular weight is 354 g/mol. The van der Waals surface area contributed by atoms with Gasteiger partial charge in [0.15, 0.2) is 5.16 Å². The van der Waals surface area contributed by atoms with Crippen LogP contribution in [0.5, 0.6) is 5.75 Å². The number of nitrogens with zero attached hydrogens (tertiary/aromatic N) is 1. The Morgan fingerprint density at radius 2 is 2.00 bits per heavy atom. The average Bonchev–Trinajstić information content (AvgIpc) is 2.58. The lowest BCUT2D eigenvalue weighted by Gasteiger charge is -2.14. The van der Waals surface area contributed by atoms with Gasteiger partial charge in [-0.2, -0.15) is 0 Å². The number of ether oxygens (including phenoxy) is 1. The molecule has 0 amide bonds. The summed E-state index contributed by atoms with van der Waals surface area (Å²) in [6.45, 7) is 6.95. The maximum atomic E-state index is 12.1. The zero-order chi connectivity index (χ0) is 17.8. The highest BCUT2D eigenvalue weighted by molar-refractivity contribution is 7.99. The molecule has 4 nitrogen and oxygen atoms in total. The first-order valence-electron chi connectivity index (χ1n) is 8.40. The molecule has 130 valence electrons. The SMILES string of the molecule is Cc1ccc(C(C)C)c(OCCSc2nc3ccccc3c(=O)[nH]2)c1. The van der Waals surface area contributed by atoms with E-state index < -0.39 is 0 Å². The van der Waals surface area contributed by atoms with E-state index in [1.807, 2.05) is 18.2 Å². The van der Waals surface area contributed by atoms with Gasteiger partial charge in [-0.05, 0) is 42.2 Å². The molecule has 0 saturated heterocycles. The number of nitrogens with one attached hydrogen (secondary N) is 1. The van der Waals surface area contributed by atoms with Crippen LogP contribution in [0.25, 0.3) is 10.9 Å².